The number of carbonyl (C=O) groups excluding carboxylic acids is 1. The first-order valence-corrected chi connectivity index (χ1v) is 10.1. The number of aliphatic hydroxyl groups is 2. The number of anilines is 2. The molecule has 0 aliphatic rings. The molecule has 0 aliphatic heterocycles. The van der Waals surface area contributed by atoms with Crippen molar-refractivity contribution >= 4 is 55.8 Å². The minimum atomic E-state index is -0.957. The van der Waals surface area contributed by atoms with Crippen molar-refractivity contribution in [1.29, 1.82) is 0 Å². The number of hydroxylamine groups is 1. The molecule has 0 saturated carbocycles. The first-order chi connectivity index (χ1) is 14.3. The minimum Gasteiger partial charge on any atom is -0.394 e. The van der Waals surface area contributed by atoms with Crippen molar-refractivity contribution < 1.29 is 24.2 Å². The van der Waals surface area contributed by atoms with Gasteiger partial charge in [-0.05, 0) is 24.3 Å². The fourth-order valence-corrected chi connectivity index (χ4v) is 3.43. The molecule has 1 unspecified atom stereocenters. The van der Waals surface area contributed by atoms with E-state index in [-0.39, 0.29) is 29.8 Å². The van der Waals surface area contributed by atoms with E-state index in [1.165, 1.54) is 12.4 Å². The lowest BCUT2D eigenvalue weighted by atomic mass is 10.1. The fraction of sp³-hybridized carbons (Fsp3) is 0.263. The lowest BCUT2D eigenvalue weighted by molar-refractivity contribution is 0.00705. The maximum Gasteiger partial charge on any atom is 0.277 e. The molecule has 0 spiro atoms. The van der Waals surface area contributed by atoms with Gasteiger partial charge in [-0.1, -0.05) is 27.5 Å². The van der Waals surface area contributed by atoms with Gasteiger partial charge in [0.1, 0.15) is 5.52 Å². The zero-order valence-corrected chi connectivity index (χ0v) is 18.2. The smallest absolute Gasteiger partial charge is 0.277 e. The van der Waals surface area contributed by atoms with Crippen molar-refractivity contribution in [3.8, 4) is 0 Å². The standard InChI is InChI=1S/C19H19BrClFN4O4/c1-26-9-23-18-15(26)7-12(19(29)25-30-5-4-11(28)8-27)17(16(18)22)24-14-3-2-10(20)6-13(14)21/h2-3,6-7,9,11,24,27-28H,4-5,8H2,1H3,(H,25,29). The topological polar surface area (TPSA) is 109 Å². The third-order valence-electron chi connectivity index (χ3n) is 4.32. The summed E-state index contributed by atoms with van der Waals surface area (Å²) in [6, 6.07) is 6.49. The number of fused-ring (bicyclic) bond motifs is 1. The molecule has 1 amide bonds. The van der Waals surface area contributed by atoms with Crippen molar-refractivity contribution in [3.05, 3.63) is 51.5 Å². The second kappa shape index (κ2) is 9.71. The number of halogens is 3. The molecule has 160 valence electrons. The summed E-state index contributed by atoms with van der Waals surface area (Å²) in [5.41, 5.74) is 3.00. The van der Waals surface area contributed by atoms with Crippen molar-refractivity contribution in [2.24, 2.45) is 7.05 Å². The second-order valence-electron chi connectivity index (χ2n) is 6.49. The van der Waals surface area contributed by atoms with Crippen molar-refractivity contribution in [2.75, 3.05) is 18.5 Å². The van der Waals surface area contributed by atoms with Crippen LogP contribution in [0, 0.1) is 5.82 Å². The number of amides is 1. The molecule has 0 aliphatic carbocycles. The number of rotatable bonds is 8. The number of aromatic nitrogens is 2. The van der Waals surface area contributed by atoms with Crippen LogP contribution in [0.15, 0.2) is 35.1 Å². The summed E-state index contributed by atoms with van der Waals surface area (Å²) in [6.07, 6.45) is 0.603. The summed E-state index contributed by atoms with van der Waals surface area (Å²) in [6.45, 7) is -0.451. The Hall–Kier alpha value is -2.24. The van der Waals surface area contributed by atoms with E-state index in [1.54, 1.807) is 29.8 Å². The van der Waals surface area contributed by atoms with Crippen LogP contribution in [0.1, 0.15) is 16.8 Å². The van der Waals surface area contributed by atoms with Gasteiger partial charge in [-0.15, -0.1) is 0 Å². The van der Waals surface area contributed by atoms with E-state index in [9.17, 15) is 9.90 Å². The number of hydrogen-bond donors (Lipinski definition) is 4. The Morgan fingerprint density at radius 3 is 2.90 bits per heavy atom. The van der Waals surface area contributed by atoms with Crippen LogP contribution >= 0.6 is 27.5 Å². The molecule has 3 rings (SSSR count). The van der Waals surface area contributed by atoms with Gasteiger partial charge in [0, 0.05) is 17.9 Å². The van der Waals surface area contributed by atoms with E-state index in [0.29, 0.717) is 16.2 Å². The molecule has 0 fully saturated rings. The summed E-state index contributed by atoms with van der Waals surface area (Å²) in [5, 5.41) is 21.3. The number of carbonyl (C=O) groups is 1. The molecule has 1 heterocycles. The van der Waals surface area contributed by atoms with Gasteiger partial charge >= 0.3 is 0 Å². The van der Waals surface area contributed by atoms with E-state index < -0.39 is 24.4 Å². The SMILES string of the molecule is Cn1cnc2c(F)c(Nc3ccc(Br)cc3Cl)c(C(=O)NOCCC(O)CO)cc21. The van der Waals surface area contributed by atoms with Gasteiger partial charge < -0.3 is 20.1 Å². The highest BCUT2D eigenvalue weighted by atomic mass is 79.9. The number of aliphatic hydroxyl groups excluding tert-OH is 2. The quantitative estimate of drug-likeness (QED) is 0.279. The Balaban J connectivity index is 1.93. The number of benzene rings is 2. The summed E-state index contributed by atoms with van der Waals surface area (Å²) in [5.74, 6) is -1.42. The maximum absolute atomic E-state index is 15.3. The van der Waals surface area contributed by atoms with Crippen LogP contribution in [-0.4, -0.2) is 45.0 Å². The number of imidazole rings is 1. The molecule has 4 N–H and O–H groups in total. The highest BCUT2D eigenvalue weighted by Gasteiger charge is 2.22. The molecule has 3 aromatic rings. The van der Waals surface area contributed by atoms with Gasteiger partial charge in [-0.25, -0.2) is 14.9 Å². The lowest BCUT2D eigenvalue weighted by Crippen LogP contribution is -2.27. The number of aryl methyl sites for hydroxylation is 1. The fourth-order valence-electron chi connectivity index (χ4n) is 2.71. The highest BCUT2D eigenvalue weighted by Crippen LogP contribution is 2.34. The first kappa shape index (κ1) is 22.4. The average Bonchev–Trinajstić information content (AvgIpc) is 3.09. The predicted molar refractivity (Wildman–Crippen MR) is 114 cm³/mol. The largest absolute Gasteiger partial charge is 0.394 e. The van der Waals surface area contributed by atoms with Gasteiger partial charge in [-0.3, -0.25) is 9.63 Å². The Bertz CT molecular complexity index is 1080. The normalized spacial score (nSPS) is 12.2. The summed E-state index contributed by atoms with van der Waals surface area (Å²) in [4.78, 5) is 21.8. The van der Waals surface area contributed by atoms with Crippen LogP contribution in [0.4, 0.5) is 15.8 Å². The monoisotopic (exact) mass is 500 g/mol. The first-order valence-electron chi connectivity index (χ1n) is 8.88. The molecule has 11 heteroatoms. The van der Waals surface area contributed by atoms with E-state index in [4.69, 9.17) is 21.5 Å². The molecule has 1 atom stereocenters. The number of nitrogens with one attached hydrogen (secondary N) is 2. The van der Waals surface area contributed by atoms with Gasteiger partial charge in [0.2, 0.25) is 0 Å². The average molecular weight is 502 g/mol. The minimum absolute atomic E-state index is 0.0229. The predicted octanol–water partition coefficient (Wildman–Crippen LogP) is 3.28. The van der Waals surface area contributed by atoms with Crippen LogP contribution in [0.25, 0.3) is 11.0 Å². The molecular weight excluding hydrogens is 483 g/mol. The van der Waals surface area contributed by atoms with Crippen molar-refractivity contribution in [3.63, 3.8) is 0 Å². The zero-order chi connectivity index (χ0) is 21.8. The summed E-state index contributed by atoms with van der Waals surface area (Å²) in [7, 11) is 1.68. The number of nitrogens with zero attached hydrogens (tertiary/aromatic N) is 2. The van der Waals surface area contributed by atoms with Crippen LogP contribution in [0.3, 0.4) is 0 Å². The third-order valence-corrected chi connectivity index (χ3v) is 5.13. The molecule has 0 radical (unpaired) electrons. The van der Waals surface area contributed by atoms with Crippen LogP contribution in [-0.2, 0) is 11.9 Å². The lowest BCUT2D eigenvalue weighted by Gasteiger charge is -2.15. The Morgan fingerprint density at radius 1 is 1.43 bits per heavy atom. The van der Waals surface area contributed by atoms with E-state index in [0.717, 1.165) is 4.47 Å². The van der Waals surface area contributed by atoms with Gasteiger partial charge in [-0.2, -0.15) is 0 Å². The van der Waals surface area contributed by atoms with Crippen molar-refractivity contribution in [2.45, 2.75) is 12.5 Å². The molecule has 2 aromatic carbocycles. The van der Waals surface area contributed by atoms with E-state index in [2.05, 4.69) is 31.7 Å². The van der Waals surface area contributed by atoms with Gasteiger partial charge in [0.05, 0.1) is 53.1 Å². The van der Waals surface area contributed by atoms with E-state index in [1.807, 2.05) is 0 Å². The Morgan fingerprint density at radius 2 is 2.20 bits per heavy atom. The van der Waals surface area contributed by atoms with Crippen LogP contribution in [0.2, 0.25) is 5.02 Å². The van der Waals surface area contributed by atoms with Crippen molar-refractivity contribution in [1.82, 2.24) is 15.0 Å². The molecule has 8 nitrogen and oxygen atoms in total. The summed E-state index contributed by atoms with van der Waals surface area (Å²) < 4.78 is 17.6. The van der Waals surface area contributed by atoms with Gasteiger partial charge in [0.25, 0.3) is 5.91 Å². The van der Waals surface area contributed by atoms with Crippen LogP contribution < -0.4 is 10.8 Å². The van der Waals surface area contributed by atoms with E-state index >= 15 is 4.39 Å². The van der Waals surface area contributed by atoms with Gasteiger partial charge in [0.15, 0.2) is 5.82 Å². The third kappa shape index (κ3) is 4.90. The molecule has 0 bridgehead atoms. The summed E-state index contributed by atoms with van der Waals surface area (Å²) >= 11 is 9.53. The van der Waals surface area contributed by atoms with Crippen LogP contribution in [0.5, 0.6) is 0 Å². The maximum atomic E-state index is 15.3. The molecular formula is C19H19BrClFN4O4. The Kier molecular flexibility index (Phi) is 7.27. The highest BCUT2D eigenvalue weighted by molar-refractivity contribution is 9.10. The second-order valence-corrected chi connectivity index (χ2v) is 7.81. The Labute approximate surface area is 184 Å². The molecule has 30 heavy (non-hydrogen) atoms. The molecule has 1 aromatic heterocycles. The number of hydrogen-bond acceptors (Lipinski definition) is 6. The molecule has 0 saturated heterocycles. The zero-order valence-electron chi connectivity index (χ0n) is 15.8.